The highest BCUT2D eigenvalue weighted by atomic mass is 19.1. The molecule has 0 aromatic carbocycles. The summed E-state index contributed by atoms with van der Waals surface area (Å²) < 4.78 is 12.2. The van der Waals surface area contributed by atoms with E-state index in [2.05, 4.69) is 5.32 Å². The Morgan fingerprint density at radius 1 is 1.57 bits per heavy atom. The molecule has 5 amide bonds. The number of nitrogens with zero attached hydrogens (tertiary/aromatic N) is 1. The first-order valence-electron chi connectivity index (χ1n) is 3.86. The molecule has 0 aromatic heterocycles. The summed E-state index contributed by atoms with van der Waals surface area (Å²) in [6.45, 7) is 2.01. The fraction of sp³-hybridized carbons (Fsp3) is 0.286. The average molecular weight is 201 g/mol. The van der Waals surface area contributed by atoms with Gasteiger partial charge >= 0.3 is 12.1 Å². The summed E-state index contributed by atoms with van der Waals surface area (Å²) in [6, 6.07) is -1.70. The van der Waals surface area contributed by atoms with Gasteiger partial charge in [-0.05, 0) is 6.92 Å². The Bertz CT molecular complexity index is 326. The van der Waals surface area contributed by atoms with E-state index in [1.54, 1.807) is 6.92 Å². The fourth-order valence-corrected chi connectivity index (χ4v) is 0.789. The highest BCUT2D eigenvalue weighted by molar-refractivity contribution is 6.11. The Balaban J connectivity index is 2.45. The van der Waals surface area contributed by atoms with Gasteiger partial charge in [0.05, 0.1) is 6.20 Å². The summed E-state index contributed by atoms with van der Waals surface area (Å²) in [4.78, 5) is 32.9. The maximum Gasteiger partial charge on any atom is 0.336 e. The molecule has 0 spiro atoms. The number of urea groups is 2. The minimum absolute atomic E-state index is 0.345. The van der Waals surface area contributed by atoms with Gasteiger partial charge in [-0.2, -0.15) is 4.39 Å². The van der Waals surface area contributed by atoms with E-state index < -0.39 is 23.8 Å². The molecule has 0 unspecified atom stereocenters. The second-order valence-electron chi connectivity index (χ2n) is 2.44. The van der Waals surface area contributed by atoms with Crippen molar-refractivity contribution in [3.05, 3.63) is 12.0 Å². The van der Waals surface area contributed by atoms with Gasteiger partial charge < -0.3 is 5.32 Å². The first-order valence-corrected chi connectivity index (χ1v) is 3.86. The van der Waals surface area contributed by atoms with Crippen LogP contribution in [0, 0.1) is 0 Å². The zero-order chi connectivity index (χ0) is 10.7. The third-order valence-corrected chi connectivity index (χ3v) is 1.44. The van der Waals surface area contributed by atoms with Crippen molar-refractivity contribution in [1.82, 2.24) is 15.5 Å². The number of halogens is 1. The van der Waals surface area contributed by atoms with Crippen LogP contribution in [-0.2, 0) is 4.79 Å². The molecule has 14 heavy (non-hydrogen) atoms. The quantitative estimate of drug-likeness (QED) is 0.630. The molecule has 0 atom stereocenters. The van der Waals surface area contributed by atoms with Crippen LogP contribution >= 0.6 is 0 Å². The molecular formula is C7H8FN3O3. The predicted octanol–water partition coefficient (Wildman–Crippen LogP) is 0.0786. The van der Waals surface area contributed by atoms with E-state index in [0.717, 1.165) is 0 Å². The van der Waals surface area contributed by atoms with Crippen molar-refractivity contribution in [1.29, 1.82) is 0 Å². The van der Waals surface area contributed by atoms with Crippen LogP contribution in [0.1, 0.15) is 6.92 Å². The van der Waals surface area contributed by atoms with Crippen LogP contribution in [0.15, 0.2) is 12.0 Å². The molecule has 76 valence electrons. The van der Waals surface area contributed by atoms with Crippen molar-refractivity contribution in [2.75, 3.05) is 6.54 Å². The van der Waals surface area contributed by atoms with Crippen LogP contribution in [0.4, 0.5) is 14.0 Å². The minimum atomic E-state index is -1.05. The zero-order valence-corrected chi connectivity index (χ0v) is 7.33. The lowest BCUT2D eigenvalue weighted by molar-refractivity contribution is -0.126. The Morgan fingerprint density at radius 3 is 2.64 bits per heavy atom. The van der Waals surface area contributed by atoms with Crippen molar-refractivity contribution in [3.63, 3.8) is 0 Å². The molecule has 0 radical (unpaired) electrons. The highest BCUT2D eigenvalue weighted by Gasteiger charge is 2.33. The van der Waals surface area contributed by atoms with E-state index in [0.29, 0.717) is 17.6 Å². The van der Waals surface area contributed by atoms with Gasteiger partial charge in [-0.1, -0.05) is 0 Å². The highest BCUT2D eigenvalue weighted by Crippen LogP contribution is 2.15. The summed E-state index contributed by atoms with van der Waals surface area (Å²) in [5, 5.41) is 4.12. The number of carbonyl (C=O) groups excluding carboxylic acids is 3. The van der Waals surface area contributed by atoms with Crippen LogP contribution in [0.25, 0.3) is 0 Å². The van der Waals surface area contributed by atoms with Crippen LogP contribution in [-0.4, -0.2) is 29.4 Å². The second kappa shape index (κ2) is 3.86. The molecular weight excluding hydrogens is 193 g/mol. The van der Waals surface area contributed by atoms with Gasteiger partial charge in [0.1, 0.15) is 0 Å². The van der Waals surface area contributed by atoms with Crippen molar-refractivity contribution in [2.24, 2.45) is 0 Å². The normalized spacial score (nSPS) is 14.3. The number of carbonyl (C=O) groups is 3. The fourth-order valence-electron chi connectivity index (χ4n) is 0.789. The van der Waals surface area contributed by atoms with Crippen molar-refractivity contribution in [2.45, 2.75) is 6.92 Å². The van der Waals surface area contributed by atoms with Gasteiger partial charge in [-0.15, -0.1) is 0 Å². The molecule has 1 aliphatic rings. The lowest BCUT2D eigenvalue weighted by Crippen LogP contribution is -2.50. The van der Waals surface area contributed by atoms with Gasteiger partial charge in [-0.3, -0.25) is 10.1 Å². The standard InChI is InChI=1S/C7H8FN3O3/c1-2-9-6(13)10-7(14)11-3-4(8)5(11)12/h3H,2H2,1H3,(H2,9,10,13,14). The Labute approximate surface area is 78.7 Å². The van der Waals surface area contributed by atoms with Crippen LogP contribution in [0.2, 0.25) is 0 Å². The van der Waals surface area contributed by atoms with E-state index in [4.69, 9.17) is 0 Å². The molecule has 0 saturated heterocycles. The summed E-state index contributed by atoms with van der Waals surface area (Å²) in [5.74, 6) is -2.05. The van der Waals surface area contributed by atoms with Gasteiger partial charge in [-0.25, -0.2) is 14.5 Å². The monoisotopic (exact) mass is 201 g/mol. The molecule has 2 N–H and O–H groups in total. The number of hydrogen-bond donors (Lipinski definition) is 2. The maximum atomic E-state index is 12.2. The SMILES string of the molecule is CCNC(=O)NC(=O)N1C=C(F)C1=O. The van der Waals surface area contributed by atoms with Gasteiger partial charge in [0.15, 0.2) is 0 Å². The molecule has 7 heteroatoms. The van der Waals surface area contributed by atoms with E-state index in [1.807, 2.05) is 5.32 Å². The lowest BCUT2D eigenvalue weighted by atomic mass is 10.3. The number of rotatable bonds is 1. The molecule has 1 heterocycles. The van der Waals surface area contributed by atoms with Crippen molar-refractivity contribution < 1.29 is 18.8 Å². The Kier molecular flexibility index (Phi) is 2.80. The van der Waals surface area contributed by atoms with Crippen molar-refractivity contribution >= 4 is 18.0 Å². The third kappa shape index (κ3) is 1.87. The van der Waals surface area contributed by atoms with Gasteiger partial charge in [0.25, 0.3) is 5.91 Å². The first-order chi connectivity index (χ1) is 6.56. The van der Waals surface area contributed by atoms with E-state index >= 15 is 0 Å². The Hall–Kier alpha value is -1.92. The third-order valence-electron chi connectivity index (χ3n) is 1.44. The van der Waals surface area contributed by atoms with Crippen LogP contribution in [0.3, 0.4) is 0 Å². The number of hydrogen-bond acceptors (Lipinski definition) is 3. The molecule has 0 fully saturated rings. The molecule has 0 aliphatic carbocycles. The molecule has 0 saturated carbocycles. The minimum Gasteiger partial charge on any atom is -0.338 e. The smallest absolute Gasteiger partial charge is 0.336 e. The second-order valence-corrected chi connectivity index (χ2v) is 2.44. The van der Waals surface area contributed by atoms with Crippen molar-refractivity contribution in [3.8, 4) is 0 Å². The predicted molar refractivity (Wildman–Crippen MR) is 43.6 cm³/mol. The Morgan fingerprint density at radius 2 is 2.21 bits per heavy atom. The van der Waals surface area contributed by atoms with E-state index in [1.165, 1.54) is 0 Å². The molecule has 1 aliphatic heterocycles. The van der Waals surface area contributed by atoms with E-state index in [9.17, 15) is 18.8 Å². The zero-order valence-electron chi connectivity index (χ0n) is 7.33. The number of nitrogens with one attached hydrogen (secondary N) is 2. The summed E-state index contributed by atoms with van der Waals surface area (Å²) in [6.07, 6.45) is 0.705. The first kappa shape index (κ1) is 10.2. The summed E-state index contributed by atoms with van der Waals surface area (Å²) in [7, 11) is 0. The molecule has 0 bridgehead atoms. The topological polar surface area (TPSA) is 78.5 Å². The molecule has 6 nitrogen and oxygen atoms in total. The van der Waals surface area contributed by atoms with Gasteiger partial charge in [0, 0.05) is 6.54 Å². The van der Waals surface area contributed by atoms with E-state index in [-0.39, 0.29) is 0 Å². The summed E-state index contributed by atoms with van der Waals surface area (Å²) >= 11 is 0. The lowest BCUT2D eigenvalue weighted by Gasteiger charge is -2.21. The average Bonchev–Trinajstić information content (AvgIpc) is 2.13. The number of amides is 5. The maximum absolute atomic E-state index is 12.2. The molecule has 1 rings (SSSR count). The van der Waals surface area contributed by atoms with Gasteiger partial charge in [0.2, 0.25) is 5.83 Å². The van der Waals surface area contributed by atoms with Crippen LogP contribution < -0.4 is 10.6 Å². The largest absolute Gasteiger partial charge is 0.338 e. The van der Waals surface area contributed by atoms with Crippen LogP contribution in [0.5, 0.6) is 0 Å². The molecule has 0 aromatic rings. The summed E-state index contributed by atoms with van der Waals surface area (Å²) in [5.41, 5.74) is 0. The number of imide groups is 2.